The molecule has 37 heavy (non-hydrogen) atoms. The molecule has 0 atom stereocenters. The van der Waals surface area contributed by atoms with Gasteiger partial charge in [-0.2, -0.15) is 5.26 Å². The van der Waals surface area contributed by atoms with Crippen LogP contribution in [0.25, 0.3) is 11.3 Å². The van der Waals surface area contributed by atoms with Gasteiger partial charge in [0.15, 0.2) is 5.76 Å². The topological polar surface area (TPSA) is 118 Å². The number of hydrogen-bond donors (Lipinski definition) is 1. The van der Waals surface area contributed by atoms with Crippen LogP contribution in [-0.2, 0) is 13.0 Å². The molecule has 0 saturated carbocycles. The van der Waals surface area contributed by atoms with Crippen LogP contribution in [0.3, 0.4) is 0 Å². The number of likely N-dealkylation sites (tertiary alicyclic amines) is 1. The van der Waals surface area contributed by atoms with Crippen LogP contribution in [0.4, 0.5) is 0 Å². The second-order valence-electron chi connectivity index (χ2n) is 9.26. The molecule has 2 aromatic carbocycles. The SMILES string of the molecule is N#Cc1ccc(Cn2cncc2Cc2ccc(C(N)=O)c(-c3ccc(C(=O)N4CCCCC4)o3)c2)cc1. The minimum Gasteiger partial charge on any atom is -0.451 e. The largest absolute Gasteiger partial charge is 0.451 e. The van der Waals surface area contributed by atoms with Crippen molar-refractivity contribution >= 4 is 11.8 Å². The number of benzene rings is 2. The van der Waals surface area contributed by atoms with Gasteiger partial charge in [-0.05, 0) is 66.8 Å². The fourth-order valence-electron chi connectivity index (χ4n) is 4.70. The van der Waals surface area contributed by atoms with Crippen LogP contribution in [0.1, 0.15) is 62.6 Å². The Morgan fingerprint density at radius 2 is 1.76 bits per heavy atom. The molecule has 0 unspecified atom stereocenters. The van der Waals surface area contributed by atoms with Crippen molar-refractivity contribution in [1.82, 2.24) is 14.5 Å². The van der Waals surface area contributed by atoms with Gasteiger partial charge < -0.3 is 19.6 Å². The van der Waals surface area contributed by atoms with E-state index in [9.17, 15) is 9.59 Å². The molecule has 186 valence electrons. The van der Waals surface area contributed by atoms with Crippen LogP contribution in [0.15, 0.2) is 71.5 Å². The molecule has 8 nitrogen and oxygen atoms in total. The van der Waals surface area contributed by atoms with Crippen molar-refractivity contribution in [2.75, 3.05) is 13.1 Å². The van der Waals surface area contributed by atoms with Gasteiger partial charge in [0.05, 0.1) is 23.5 Å². The maximum atomic E-state index is 12.9. The summed E-state index contributed by atoms with van der Waals surface area (Å²) in [5.41, 5.74) is 10.2. The summed E-state index contributed by atoms with van der Waals surface area (Å²) in [5.74, 6) is 0.00228. The lowest BCUT2D eigenvalue weighted by atomic mass is 9.99. The summed E-state index contributed by atoms with van der Waals surface area (Å²) >= 11 is 0. The van der Waals surface area contributed by atoms with E-state index >= 15 is 0 Å². The zero-order valence-electron chi connectivity index (χ0n) is 20.4. The van der Waals surface area contributed by atoms with Crippen molar-refractivity contribution < 1.29 is 14.0 Å². The molecule has 1 aliphatic rings. The summed E-state index contributed by atoms with van der Waals surface area (Å²) < 4.78 is 7.99. The average molecular weight is 494 g/mol. The number of aromatic nitrogens is 2. The number of nitrogens with zero attached hydrogens (tertiary/aromatic N) is 4. The normalized spacial score (nSPS) is 13.3. The van der Waals surface area contributed by atoms with E-state index in [0.29, 0.717) is 35.4 Å². The van der Waals surface area contributed by atoms with Gasteiger partial charge in [0.2, 0.25) is 5.91 Å². The molecule has 1 saturated heterocycles. The Kier molecular flexibility index (Phi) is 6.86. The highest BCUT2D eigenvalue weighted by Gasteiger charge is 2.23. The zero-order valence-corrected chi connectivity index (χ0v) is 20.4. The van der Waals surface area contributed by atoms with E-state index < -0.39 is 5.91 Å². The summed E-state index contributed by atoms with van der Waals surface area (Å²) in [5, 5.41) is 9.02. The molecular weight excluding hydrogens is 466 g/mol. The number of imidazole rings is 1. The summed E-state index contributed by atoms with van der Waals surface area (Å²) in [6.45, 7) is 2.08. The molecule has 0 bridgehead atoms. The van der Waals surface area contributed by atoms with Gasteiger partial charge in [-0.15, -0.1) is 0 Å². The molecule has 0 aliphatic carbocycles. The van der Waals surface area contributed by atoms with Gasteiger partial charge in [0.25, 0.3) is 5.91 Å². The minimum absolute atomic E-state index is 0.130. The standard InChI is InChI=1S/C29H27N5O3/c30-16-20-4-6-21(7-5-20)18-34-19-32-17-23(34)14-22-8-9-24(28(31)35)25(15-22)26-10-11-27(37-26)29(36)33-12-2-1-3-13-33/h4-11,15,17,19H,1-3,12-14,18H2,(H2,31,35). The number of furan rings is 1. The second-order valence-corrected chi connectivity index (χ2v) is 9.26. The third-order valence-corrected chi connectivity index (χ3v) is 6.69. The molecule has 1 fully saturated rings. The summed E-state index contributed by atoms with van der Waals surface area (Å²) in [6.07, 6.45) is 7.28. The minimum atomic E-state index is -0.562. The molecule has 0 radical (unpaired) electrons. The lowest BCUT2D eigenvalue weighted by molar-refractivity contribution is 0.0693. The number of piperidine rings is 1. The molecule has 3 heterocycles. The smallest absolute Gasteiger partial charge is 0.289 e. The molecule has 2 aromatic heterocycles. The van der Waals surface area contributed by atoms with Crippen molar-refractivity contribution in [2.24, 2.45) is 5.73 Å². The Morgan fingerprint density at radius 3 is 2.49 bits per heavy atom. The highest BCUT2D eigenvalue weighted by atomic mass is 16.4. The van der Waals surface area contributed by atoms with Crippen LogP contribution in [0, 0.1) is 11.3 Å². The zero-order chi connectivity index (χ0) is 25.8. The summed E-state index contributed by atoms with van der Waals surface area (Å²) in [7, 11) is 0. The van der Waals surface area contributed by atoms with Gasteiger partial charge in [0, 0.05) is 43.5 Å². The third-order valence-electron chi connectivity index (χ3n) is 6.69. The Labute approximate surface area is 214 Å². The summed E-state index contributed by atoms with van der Waals surface area (Å²) in [4.78, 5) is 31.2. The molecule has 1 aliphatic heterocycles. The van der Waals surface area contributed by atoms with Crippen LogP contribution >= 0.6 is 0 Å². The fourth-order valence-corrected chi connectivity index (χ4v) is 4.70. The fraction of sp³-hybridized carbons (Fsp3) is 0.241. The molecule has 5 rings (SSSR count). The van der Waals surface area contributed by atoms with Gasteiger partial charge in [0.1, 0.15) is 5.76 Å². The molecule has 2 amide bonds. The number of carbonyl (C=O) groups excluding carboxylic acids is 2. The quantitative estimate of drug-likeness (QED) is 0.410. The predicted molar refractivity (Wildman–Crippen MR) is 138 cm³/mol. The van der Waals surface area contributed by atoms with E-state index in [2.05, 4.69) is 11.1 Å². The molecule has 2 N–H and O–H groups in total. The van der Waals surface area contributed by atoms with Crippen molar-refractivity contribution in [3.63, 3.8) is 0 Å². The van der Waals surface area contributed by atoms with E-state index in [-0.39, 0.29) is 11.7 Å². The van der Waals surface area contributed by atoms with E-state index in [0.717, 1.165) is 49.2 Å². The molecule has 8 heteroatoms. The Hall–Kier alpha value is -4.64. The molecule has 4 aromatic rings. The maximum Gasteiger partial charge on any atom is 0.289 e. The highest BCUT2D eigenvalue weighted by Crippen LogP contribution is 2.29. The predicted octanol–water partition coefficient (Wildman–Crippen LogP) is 4.38. The van der Waals surface area contributed by atoms with Crippen molar-refractivity contribution in [3.05, 3.63) is 101 Å². The molecule has 0 spiro atoms. The number of hydrogen-bond acceptors (Lipinski definition) is 5. The first kappa shape index (κ1) is 24.1. The van der Waals surface area contributed by atoms with E-state index in [1.165, 1.54) is 0 Å². The van der Waals surface area contributed by atoms with E-state index in [4.69, 9.17) is 15.4 Å². The van der Waals surface area contributed by atoms with Gasteiger partial charge in [-0.1, -0.05) is 18.2 Å². The van der Waals surface area contributed by atoms with Gasteiger partial charge >= 0.3 is 0 Å². The Bertz CT molecular complexity index is 1470. The number of amides is 2. The van der Waals surface area contributed by atoms with Crippen LogP contribution < -0.4 is 5.73 Å². The number of nitrogens with two attached hydrogens (primary N) is 1. The number of rotatable bonds is 7. The van der Waals surface area contributed by atoms with Gasteiger partial charge in [-0.3, -0.25) is 9.59 Å². The van der Waals surface area contributed by atoms with E-state index in [1.807, 2.05) is 39.9 Å². The average Bonchev–Trinajstić information content (AvgIpc) is 3.59. The molecular formula is C29H27N5O3. The third kappa shape index (κ3) is 5.31. The van der Waals surface area contributed by atoms with Crippen LogP contribution in [-0.4, -0.2) is 39.4 Å². The van der Waals surface area contributed by atoms with Gasteiger partial charge in [-0.25, -0.2) is 4.98 Å². The maximum absolute atomic E-state index is 12.9. The summed E-state index contributed by atoms with van der Waals surface area (Å²) in [6, 6.07) is 18.4. The lowest BCUT2D eigenvalue weighted by Gasteiger charge is -2.25. The first-order valence-corrected chi connectivity index (χ1v) is 12.3. The Morgan fingerprint density at radius 1 is 1.00 bits per heavy atom. The van der Waals surface area contributed by atoms with Crippen molar-refractivity contribution in [1.29, 1.82) is 5.26 Å². The van der Waals surface area contributed by atoms with E-state index in [1.54, 1.807) is 36.7 Å². The van der Waals surface area contributed by atoms with Crippen LogP contribution in [0.5, 0.6) is 0 Å². The number of primary amides is 1. The van der Waals surface area contributed by atoms with Crippen molar-refractivity contribution in [3.8, 4) is 17.4 Å². The number of carbonyl (C=O) groups is 2. The van der Waals surface area contributed by atoms with Crippen molar-refractivity contribution in [2.45, 2.75) is 32.2 Å². The first-order chi connectivity index (χ1) is 18.0. The monoisotopic (exact) mass is 493 g/mol. The highest BCUT2D eigenvalue weighted by molar-refractivity contribution is 6.00. The Balaban J connectivity index is 1.39. The first-order valence-electron chi connectivity index (χ1n) is 12.3. The second kappa shape index (κ2) is 10.5. The lowest BCUT2D eigenvalue weighted by Crippen LogP contribution is -2.35. The number of nitriles is 1. The van der Waals surface area contributed by atoms with Crippen LogP contribution in [0.2, 0.25) is 0 Å².